The van der Waals surface area contributed by atoms with Gasteiger partial charge in [0, 0.05) is 18.7 Å². The van der Waals surface area contributed by atoms with E-state index in [1.807, 2.05) is 59.5 Å². The Labute approximate surface area is 199 Å². The average Bonchev–Trinajstić information content (AvgIpc) is 3.35. The molecule has 6 heteroatoms. The number of imidazole rings is 1. The monoisotopic (exact) mass is 455 g/mol. The summed E-state index contributed by atoms with van der Waals surface area (Å²) in [6.45, 7) is 1.60. The van der Waals surface area contributed by atoms with E-state index < -0.39 is 0 Å². The van der Waals surface area contributed by atoms with Gasteiger partial charge in [-0.3, -0.25) is 4.79 Å². The molecule has 5 rings (SSSR count). The Morgan fingerprint density at radius 2 is 1.85 bits per heavy atom. The summed E-state index contributed by atoms with van der Waals surface area (Å²) < 4.78 is 6.00. The predicted octanol–water partition coefficient (Wildman–Crippen LogP) is 5.19. The molecule has 0 radical (unpaired) electrons. The SMILES string of the molecule is O=C(COc1ccccc1-c1ccc2[nH]cnc2c1)N1CCC(CCc2ccc(O)cc2)CC1. The highest BCUT2D eigenvalue weighted by Gasteiger charge is 2.23. The minimum Gasteiger partial charge on any atom is -0.508 e. The molecule has 1 aromatic heterocycles. The van der Waals surface area contributed by atoms with Crippen molar-refractivity contribution in [2.75, 3.05) is 19.7 Å². The fourth-order valence-corrected chi connectivity index (χ4v) is 4.67. The quantitative estimate of drug-likeness (QED) is 0.402. The topological polar surface area (TPSA) is 78.5 Å². The molecule has 0 atom stereocenters. The van der Waals surface area contributed by atoms with Gasteiger partial charge in [0.1, 0.15) is 11.5 Å². The average molecular weight is 456 g/mol. The Bertz CT molecular complexity index is 1260. The highest BCUT2D eigenvalue weighted by molar-refractivity contribution is 5.83. The number of phenolic OH excluding ortho intramolecular Hbond substituents is 1. The molecule has 1 saturated heterocycles. The van der Waals surface area contributed by atoms with Crippen molar-refractivity contribution in [1.29, 1.82) is 0 Å². The number of hydrogen-bond acceptors (Lipinski definition) is 4. The number of amides is 1. The van der Waals surface area contributed by atoms with Crippen LogP contribution in [0, 0.1) is 5.92 Å². The molecule has 2 N–H and O–H groups in total. The highest BCUT2D eigenvalue weighted by atomic mass is 16.5. The number of hydrogen-bond donors (Lipinski definition) is 2. The number of H-pyrrole nitrogens is 1. The third kappa shape index (κ3) is 5.06. The van der Waals surface area contributed by atoms with Crippen LogP contribution >= 0.6 is 0 Å². The van der Waals surface area contributed by atoms with Crippen molar-refractivity contribution in [3.8, 4) is 22.6 Å². The first kappa shape index (κ1) is 22.0. The zero-order valence-corrected chi connectivity index (χ0v) is 19.1. The third-order valence-corrected chi connectivity index (χ3v) is 6.72. The highest BCUT2D eigenvalue weighted by Crippen LogP contribution is 2.31. The number of aromatic amines is 1. The maximum atomic E-state index is 12.8. The van der Waals surface area contributed by atoms with Crippen LogP contribution in [0.1, 0.15) is 24.8 Å². The number of phenols is 1. The van der Waals surface area contributed by atoms with Crippen molar-refractivity contribution in [3.63, 3.8) is 0 Å². The number of nitrogens with one attached hydrogen (secondary N) is 1. The lowest BCUT2D eigenvalue weighted by Crippen LogP contribution is -2.41. The zero-order chi connectivity index (χ0) is 23.3. The van der Waals surface area contributed by atoms with Crippen molar-refractivity contribution >= 4 is 16.9 Å². The number of nitrogens with zero attached hydrogens (tertiary/aromatic N) is 2. The van der Waals surface area contributed by atoms with Crippen molar-refractivity contribution in [2.45, 2.75) is 25.7 Å². The van der Waals surface area contributed by atoms with Gasteiger partial charge in [0.15, 0.2) is 6.61 Å². The summed E-state index contributed by atoms with van der Waals surface area (Å²) in [5, 5.41) is 9.42. The lowest BCUT2D eigenvalue weighted by molar-refractivity contribution is -0.134. The molecule has 1 amide bonds. The van der Waals surface area contributed by atoms with Crippen LogP contribution < -0.4 is 4.74 Å². The summed E-state index contributed by atoms with van der Waals surface area (Å²) >= 11 is 0. The van der Waals surface area contributed by atoms with Crippen molar-refractivity contribution < 1.29 is 14.6 Å². The van der Waals surface area contributed by atoms with E-state index in [4.69, 9.17) is 4.74 Å². The first-order valence-corrected chi connectivity index (χ1v) is 11.9. The second kappa shape index (κ2) is 10.00. The standard InChI is InChI=1S/C28H29N3O3/c32-23-10-7-20(8-11-23)5-6-21-13-15-31(16-14-21)28(33)18-34-27-4-2-1-3-24(27)22-9-12-25-26(17-22)30-19-29-25/h1-4,7-12,17,19,21,32H,5-6,13-16,18H2,(H,29,30). The summed E-state index contributed by atoms with van der Waals surface area (Å²) in [6.07, 6.45) is 5.83. The van der Waals surface area contributed by atoms with Crippen LogP contribution in [0.15, 0.2) is 73.1 Å². The molecule has 4 aromatic rings. The van der Waals surface area contributed by atoms with E-state index in [0.29, 0.717) is 17.4 Å². The van der Waals surface area contributed by atoms with Crippen LogP contribution in [0.3, 0.4) is 0 Å². The van der Waals surface area contributed by atoms with Crippen LogP contribution in [-0.4, -0.2) is 45.6 Å². The number of rotatable bonds is 7. The van der Waals surface area contributed by atoms with Gasteiger partial charge < -0.3 is 19.7 Å². The van der Waals surface area contributed by atoms with E-state index in [1.165, 1.54) is 5.56 Å². The van der Waals surface area contributed by atoms with E-state index in [9.17, 15) is 9.90 Å². The molecular formula is C28H29N3O3. The molecule has 6 nitrogen and oxygen atoms in total. The van der Waals surface area contributed by atoms with E-state index >= 15 is 0 Å². The second-order valence-electron chi connectivity index (χ2n) is 8.95. The Balaban J connectivity index is 1.14. The van der Waals surface area contributed by atoms with Crippen LogP contribution in [0.4, 0.5) is 0 Å². The molecule has 1 aliphatic heterocycles. The fourth-order valence-electron chi connectivity index (χ4n) is 4.67. The van der Waals surface area contributed by atoms with Crippen molar-refractivity contribution in [3.05, 3.63) is 78.6 Å². The molecule has 174 valence electrons. The molecule has 0 bridgehead atoms. The van der Waals surface area contributed by atoms with E-state index in [-0.39, 0.29) is 12.5 Å². The zero-order valence-electron chi connectivity index (χ0n) is 19.1. The molecule has 1 aliphatic rings. The number of benzene rings is 3. The van der Waals surface area contributed by atoms with Crippen molar-refractivity contribution in [2.24, 2.45) is 5.92 Å². The lowest BCUT2D eigenvalue weighted by Gasteiger charge is -2.32. The van der Waals surface area contributed by atoms with E-state index in [1.54, 1.807) is 18.5 Å². The number of carbonyl (C=O) groups is 1. The van der Waals surface area contributed by atoms with Gasteiger partial charge in [-0.15, -0.1) is 0 Å². The predicted molar refractivity (Wildman–Crippen MR) is 133 cm³/mol. The minimum absolute atomic E-state index is 0.0366. The number of fused-ring (bicyclic) bond motifs is 1. The van der Waals surface area contributed by atoms with Crippen LogP contribution in [0.5, 0.6) is 11.5 Å². The summed E-state index contributed by atoms with van der Waals surface area (Å²) in [7, 11) is 0. The summed E-state index contributed by atoms with van der Waals surface area (Å²) in [4.78, 5) is 22.2. The molecular weight excluding hydrogens is 426 g/mol. The van der Waals surface area contributed by atoms with E-state index in [2.05, 4.69) is 9.97 Å². The molecule has 0 saturated carbocycles. The lowest BCUT2D eigenvalue weighted by atomic mass is 9.90. The number of aromatic hydroxyl groups is 1. The number of aromatic nitrogens is 2. The number of ether oxygens (including phenoxy) is 1. The van der Waals surface area contributed by atoms with Gasteiger partial charge in [-0.05, 0) is 73.1 Å². The Hall–Kier alpha value is -3.80. The van der Waals surface area contributed by atoms with Gasteiger partial charge in [-0.2, -0.15) is 0 Å². The molecule has 2 heterocycles. The minimum atomic E-state index is 0.0366. The number of likely N-dealkylation sites (tertiary alicyclic amines) is 1. The Kier molecular flexibility index (Phi) is 6.47. The number of piperidine rings is 1. The maximum Gasteiger partial charge on any atom is 0.260 e. The first-order chi connectivity index (χ1) is 16.7. The molecule has 34 heavy (non-hydrogen) atoms. The summed E-state index contributed by atoms with van der Waals surface area (Å²) in [5.41, 5.74) is 5.10. The van der Waals surface area contributed by atoms with Gasteiger partial charge in [-0.25, -0.2) is 4.98 Å². The Morgan fingerprint density at radius 3 is 2.68 bits per heavy atom. The fraction of sp³-hybridized carbons (Fsp3) is 0.286. The maximum absolute atomic E-state index is 12.8. The first-order valence-electron chi connectivity index (χ1n) is 11.9. The van der Waals surface area contributed by atoms with Crippen LogP contribution in [0.2, 0.25) is 0 Å². The van der Waals surface area contributed by atoms with Gasteiger partial charge in [0.05, 0.1) is 17.4 Å². The smallest absolute Gasteiger partial charge is 0.260 e. The second-order valence-corrected chi connectivity index (χ2v) is 8.95. The molecule has 0 aliphatic carbocycles. The third-order valence-electron chi connectivity index (χ3n) is 6.72. The van der Waals surface area contributed by atoms with Gasteiger partial charge in [0.2, 0.25) is 0 Å². The number of carbonyl (C=O) groups excluding carboxylic acids is 1. The Morgan fingerprint density at radius 1 is 1.06 bits per heavy atom. The van der Waals surface area contributed by atoms with Gasteiger partial charge in [0.25, 0.3) is 5.91 Å². The largest absolute Gasteiger partial charge is 0.508 e. The van der Waals surface area contributed by atoms with Gasteiger partial charge in [-0.1, -0.05) is 36.4 Å². The normalized spacial score (nSPS) is 14.4. The number of para-hydroxylation sites is 1. The molecule has 3 aromatic carbocycles. The number of aryl methyl sites for hydroxylation is 1. The van der Waals surface area contributed by atoms with Crippen LogP contribution in [-0.2, 0) is 11.2 Å². The summed E-state index contributed by atoms with van der Waals surface area (Å²) in [5.74, 6) is 1.67. The van der Waals surface area contributed by atoms with Gasteiger partial charge >= 0.3 is 0 Å². The summed E-state index contributed by atoms with van der Waals surface area (Å²) in [6, 6.07) is 21.3. The molecule has 0 spiro atoms. The molecule has 1 fully saturated rings. The van der Waals surface area contributed by atoms with Crippen LogP contribution in [0.25, 0.3) is 22.2 Å². The molecule has 0 unspecified atom stereocenters. The van der Waals surface area contributed by atoms with E-state index in [0.717, 1.165) is 60.9 Å². The van der Waals surface area contributed by atoms with Crippen molar-refractivity contribution in [1.82, 2.24) is 14.9 Å².